The molecule has 4 heteroatoms. The van der Waals surface area contributed by atoms with Crippen LogP contribution in [0.1, 0.15) is 24.6 Å². The molecule has 1 fully saturated rings. The number of nitriles is 1. The monoisotopic (exact) mass is 211 g/mol. The molecule has 1 aromatic heterocycles. The highest BCUT2D eigenvalue weighted by Gasteiger charge is 2.26. The Bertz CT molecular complexity index is 319. The summed E-state index contributed by atoms with van der Waals surface area (Å²) in [5.41, 5.74) is 0.483. The second-order valence-electron chi connectivity index (χ2n) is 2.63. The molecule has 3 nitrogen and oxygen atoms in total. The van der Waals surface area contributed by atoms with Crippen LogP contribution in [0.5, 0.6) is 0 Å². The lowest BCUT2D eigenvalue weighted by molar-refractivity contribution is 0.724. The van der Waals surface area contributed by atoms with E-state index in [1.54, 1.807) is 6.33 Å². The largest absolute Gasteiger partial charge is 0.321 e. The smallest absolute Gasteiger partial charge is 0.173 e. The summed E-state index contributed by atoms with van der Waals surface area (Å²) in [6.45, 7) is 0. The predicted octanol–water partition coefficient (Wildman–Crippen LogP) is 1.85. The fourth-order valence-electron chi connectivity index (χ4n) is 1.03. The van der Waals surface area contributed by atoms with Gasteiger partial charge in [-0.25, -0.2) is 4.98 Å². The zero-order chi connectivity index (χ0) is 7.84. The minimum atomic E-state index is 0.483. The lowest BCUT2D eigenvalue weighted by Gasteiger charge is -1.97. The molecule has 56 valence electrons. The van der Waals surface area contributed by atoms with Crippen molar-refractivity contribution in [2.75, 3.05) is 0 Å². The Kier molecular flexibility index (Phi) is 1.46. The van der Waals surface area contributed by atoms with Crippen LogP contribution in [-0.2, 0) is 0 Å². The number of imidazole rings is 1. The fourth-order valence-corrected chi connectivity index (χ4v) is 1.60. The number of hydrogen-bond donors (Lipinski definition) is 0. The lowest BCUT2D eigenvalue weighted by Crippen LogP contribution is -1.90. The van der Waals surface area contributed by atoms with Gasteiger partial charge in [-0.1, -0.05) is 0 Å². The first kappa shape index (κ1) is 6.86. The molecule has 0 aromatic carbocycles. The number of halogens is 1. The average Bonchev–Trinajstić information content (AvgIpc) is 2.77. The molecule has 0 bridgehead atoms. The Morgan fingerprint density at radius 2 is 2.45 bits per heavy atom. The van der Waals surface area contributed by atoms with E-state index in [0.29, 0.717) is 11.7 Å². The molecule has 1 aromatic rings. The second-order valence-corrected chi connectivity index (χ2v) is 3.39. The Labute approximate surface area is 72.8 Å². The van der Waals surface area contributed by atoms with Crippen molar-refractivity contribution in [2.45, 2.75) is 18.9 Å². The van der Waals surface area contributed by atoms with E-state index < -0.39 is 0 Å². The van der Waals surface area contributed by atoms with Crippen molar-refractivity contribution in [3.05, 3.63) is 16.6 Å². The molecule has 0 radical (unpaired) electrons. The topological polar surface area (TPSA) is 41.6 Å². The van der Waals surface area contributed by atoms with Gasteiger partial charge in [0.25, 0.3) is 0 Å². The maximum Gasteiger partial charge on any atom is 0.173 e. The molecule has 2 rings (SSSR count). The van der Waals surface area contributed by atoms with Crippen LogP contribution in [0.2, 0.25) is 0 Å². The molecular formula is C7H6BrN3. The fraction of sp³-hybridized carbons (Fsp3) is 0.429. The SMILES string of the molecule is N#Cc1ncn(C2CC2)c1Br. The van der Waals surface area contributed by atoms with Crippen LogP contribution in [-0.4, -0.2) is 9.55 Å². The summed E-state index contributed by atoms with van der Waals surface area (Å²) in [5, 5.41) is 8.58. The van der Waals surface area contributed by atoms with Crippen molar-refractivity contribution in [1.29, 1.82) is 5.26 Å². The second kappa shape index (κ2) is 2.35. The third-order valence-corrected chi connectivity index (χ3v) is 2.56. The van der Waals surface area contributed by atoms with Gasteiger partial charge < -0.3 is 4.57 Å². The summed E-state index contributed by atoms with van der Waals surface area (Å²) in [6.07, 6.45) is 4.14. The summed E-state index contributed by atoms with van der Waals surface area (Å²) in [6, 6.07) is 2.60. The quantitative estimate of drug-likeness (QED) is 0.712. The molecule has 0 atom stereocenters. The van der Waals surface area contributed by atoms with Crippen LogP contribution in [0.3, 0.4) is 0 Å². The molecule has 1 heterocycles. The average molecular weight is 212 g/mol. The maximum atomic E-state index is 8.58. The van der Waals surface area contributed by atoms with E-state index in [-0.39, 0.29) is 0 Å². The standard InChI is InChI=1S/C7H6BrN3/c8-7-6(3-9)10-4-11(7)5-1-2-5/h4-5H,1-2H2. The van der Waals surface area contributed by atoms with Gasteiger partial charge in [-0.3, -0.25) is 0 Å². The van der Waals surface area contributed by atoms with Gasteiger partial charge in [0.1, 0.15) is 10.7 Å². The molecule has 0 aliphatic heterocycles. The molecule has 0 saturated heterocycles. The molecule has 0 unspecified atom stereocenters. The number of hydrogen-bond acceptors (Lipinski definition) is 2. The van der Waals surface area contributed by atoms with Crippen LogP contribution < -0.4 is 0 Å². The zero-order valence-corrected chi connectivity index (χ0v) is 7.37. The van der Waals surface area contributed by atoms with E-state index in [2.05, 4.69) is 20.9 Å². The van der Waals surface area contributed by atoms with Crippen LogP contribution in [0, 0.1) is 11.3 Å². The van der Waals surface area contributed by atoms with Gasteiger partial charge in [-0.15, -0.1) is 0 Å². The van der Waals surface area contributed by atoms with Gasteiger partial charge >= 0.3 is 0 Å². The summed E-state index contributed by atoms with van der Waals surface area (Å²) in [7, 11) is 0. The highest BCUT2D eigenvalue weighted by atomic mass is 79.9. The number of rotatable bonds is 1. The van der Waals surface area contributed by atoms with Crippen molar-refractivity contribution in [2.24, 2.45) is 0 Å². The minimum absolute atomic E-state index is 0.483. The summed E-state index contributed by atoms with van der Waals surface area (Å²) >= 11 is 3.33. The van der Waals surface area contributed by atoms with Crippen molar-refractivity contribution in [3.8, 4) is 6.07 Å². The van der Waals surface area contributed by atoms with E-state index in [9.17, 15) is 0 Å². The maximum absolute atomic E-state index is 8.58. The summed E-state index contributed by atoms with van der Waals surface area (Å²) in [4.78, 5) is 3.95. The summed E-state index contributed by atoms with van der Waals surface area (Å²) < 4.78 is 2.83. The van der Waals surface area contributed by atoms with Gasteiger partial charge in [0, 0.05) is 6.04 Å². The number of nitrogens with zero attached hydrogens (tertiary/aromatic N) is 3. The van der Waals surface area contributed by atoms with Crippen LogP contribution in [0.15, 0.2) is 10.9 Å². The molecule has 11 heavy (non-hydrogen) atoms. The Hall–Kier alpha value is -0.820. The van der Waals surface area contributed by atoms with Gasteiger partial charge in [-0.05, 0) is 28.8 Å². The Morgan fingerprint density at radius 3 is 2.91 bits per heavy atom. The molecule has 0 spiro atoms. The van der Waals surface area contributed by atoms with E-state index in [0.717, 1.165) is 4.60 Å². The molecule has 0 amide bonds. The van der Waals surface area contributed by atoms with Crippen molar-refractivity contribution >= 4 is 15.9 Å². The van der Waals surface area contributed by atoms with E-state index in [1.165, 1.54) is 12.8 Å². The van der Waals surface area contributed by atoms with Crippen LogP contribution >= 0.6 is 15.9 Å². The van der Waals surface area contributed by atoms with Crippen molar-refractivity contribution in [3.63, 3.8) is 0 Å². The predicted molar refractivity (Wildman–Crippen MR) is 42.9 cm³/mol. The zero-order valence-electron chi connectivity index (χ0n) is 5.79. The molecule has 0 N–H and O–H groups in total. The third kappa shape index (κ3) is 1.05. The van der Waals surface area contributed by atoms with Crippen LogP contribution in [0.25, 0.3) is 0 Å². The van der Waals surface area contributed by atoms with E-state index in [1.807, 2.05) is 10.6 Å². The summed E-state index contributed by atoms with van der Waals surface area (Å²) in [5.74, 6) is 0. The Morgan fingerprint density at radius 1 is 1.73 bits per heavy atom. The van der Waals surface area contributed by atoms with Crippen LogP contribution in [0.4, 0.5) is 0 Å². The number of aromatic nitrogens is 2. The first-order valence-corrected chi connectivity index (χ1v) is 4.24. The normalized spacial score (nSPS) is 16.4. The van der Waals surface area contributed by atoms with Gasteiger partial charge in [0.15, 0.2) is 5.69 Å². The minimum Gasteiger partial charge on any atom is -0.321 e. The van der Waals surface area contributed by atoms with E-state index in [4.69, 9.17) is 5.26 Å². The third-order valence-electron chi connectivity index (χ3n) is 1.78. The molecule has 1 aliphatic carbocycles. The molecular weight excluding hydrogens is 206 g/mol. The Balaban J connectivity index is 2.42. The molecule has 1 aliphatic rings. The van der Waals surface area contributed by atoms with Crippen molar-refractivity contribution < 1.29 is 0 Å². The van der Waals surface area contributed by atoms with E-state index >= 15 is 0 Å². The van der Waals surface area contributed by atoms with Gasteiger partial charge in [0.05, 0.1) is 6.33 Å². The first-order valence-electron chi connectivity index (χ1n) is 3.45. The van der Waals surface area contributed by atoms with Crippen molar-refractivity contribution in [1.82, 2.24) is 9.55 Å². The highest BCUT2D eigenvalue weighted by molar-refractivity contribution is 9.10. The first-order chi connectivity index (χ1) is 5.33. The highest BCUT2D eigenvalue weighted by Crippen LogP contribution is 2.37. The van der Waals surface area contributed by atoms with Gasteiger partial charge in [0.2, 0.25) is 0 Å². The lowest BCUT2D eigenvalue weighted by atomic mass is 10.5. The van der Waals surface area contributed by atoms with Gasteiger partial charge in [-0.2, -0.15) is 5.26 Å². The molecule has 1 saturated carbocycles.